The van der Waals surface area contributed by atoms with Gasteiger partial charge in [-0.25, -0.2) is 4.79 Å². The van der Waals surface area contributed by atoms with Crippen LogP contribution in [-0.4, -0.2) is 11.0 Å². The molecule has 2 aromatic rings. The summed E-state index contributed by atoms with van der Waals surface area (Å²) < 4.78 is 0. The minimum atomic E-state index is -0.229. The number of benzene rings is 1. The number of aryl methyl sites for hydroxylation is 2. The van der Waals surface area contributed by atoms with E-state index in [1.807, 2.05) is 51.1 Å². The van der Waals surface area contributed by atoms with Crippen molar-refractivity contribution < 1.29 is 4.79 Å². The van der Waals surface area contributed by atoms with Crippen LogP contribution in [0.3, 0.4) is 0 Å². The summed E-state index contributed by atoms with van der Waals surface area (Å²) in [6.07, 6.45) is 1.72. The summed E-state index contributed by atoms with van der Waals surface area (Å²) in [5, 5.41) is 5.72. The number of rotatable bonds is 3. The van der Waals surface area contributed by atoms with E-state index >= 15 is 0 Å². The van der Waals surface area contributed by atoms with E-state index in [1.165, 1.54) is 0 Å². The summed E-state index contributed by atoms with van der Waals surface area (Å²) in [6, 6.07) is 11.2. The van der Waals surface area contributed by atoms with Crippen molar-refractivity contribution in [2.75, 3.05) is 5.32 Å². The average molecular weight is 269 g/mol. The topological polar surface area (TPSA) is 54.0 Å². The molecule has 1 atom stereocenters. The predicted octanol–water partition coefficient (Wildman–Crippen LogP) is 3.58. The lowest BCUT2D eigenvalue weighted by molar-refractivity contribution is 0.249. The van der Waals surface area contributed by atoms with E-state index in [0.29, 0.717) is 0 Å². The van der Waals surface area contributed by atoms with Gasteiger partial charge in [0.1, 0.15) is 0 Å². The number of amides is 2. The van der Waals surface area contributed by atoms with E-state index in [2.05, 4.69) is 21.7 Å². The van der Waals surface area contributed by atoms with Gasteiger partial charge in [0.2, 0.25) is 0 Å². The molecule has 2 amide bonds. The zero-order chi connectivity index (χ0) is 14.5. The van der Waals surface area contributed by atoms with Gasteiger partial charge in [0.05, 0.1) is 11.7 Å². The maximum atomic E-state index is 12.0. The van der Waals surface area contributed by atoms with Crippen molar-refractivity contribution in [3.63, 3.8) is 0 Å². The summed E-state index contributed by atoms with van der Waals surface area (Å²) in [7, 11) is 0. The maximum Gasteiger partial charge on any atom is 0.319 e. The SMILES string of the molecule is Cc1cc(C)cc(NC(=O)NC(C)c2ccccn2)c1. The maximum absolute atomic E-state index is 12.0. The van der Waals surface area contributed by atoms with Gasteiger partial charge >= 0.3 is 6.03 Å². The number of hydrogen-bond acceptors (Lipinski definition) is 2. The van der Waals surface area contributed by atoms with Gasteiger partial charge in [0.25, 0.3) is 0 Å². The number of carbonyl (C=O) groups excluding carboxylic acids is 1. The highest BCUT2D eigenvalue weighted by atomic mass is 16.2. The zero-order valence-corrected chi connectivity index (χ0v) is 12.0. The molecule has 0 bridgehead atoms. The van der Waals surface area contributed by atoms with Crippen molar-refractivity contribution in [1.82, 2.24) is 10.3 Å². The van der Waals surface area contributed by atoms with Crippen LogP contribution in [-0.2, 0) is 0 Å². The second-order valence-electron chi connectivity index (χ2n) is 4.95. The number of nitrogens with one attached hydrogen (secondary N) is 2. The van der Waals surface area contributed by atoms with E-state index in [4.69, 9.17) is 0 Å². The Morgan fingerprint density at radius 1 is 1.15 bits per heavy atom. The van der Waals surface area contributed by atoms with Crippen LogP contribution in [0.2, 0.25) is 0 Å². The first-order valence-electron chi connectivity index (χ1n) is 6.61. The van der Waals surface area contributed by atoms with Gasteiger partial charge in [0.15, 0.2) is 0 Å². The average Bonchev–Trinajstić information content (AvgIpc) is 2.38. The van der Waals surface area contributed by atoms with Gasteiger partial charge in [-0.05, 0) is 56.2 Å². The standard InChI is InChI=1S/C16H19N3O/c1-11-8-12(2)10-14(9-11)19-16(20)18-13(3)15-6-4-5-7-17-15/h4-10,13H,1-3H3,(H2,18,19,20). The van der Waals surface area contributed by atoms with E-state index in [-0.39, 0.29) is 12.1 Å². The smallest absolute Gasteiger partial charge is 0.319 e. The monoisotopic (exact) mass is 269 g/mol. The molecule has 104 valence electrons. The molecule has 20 heavy (non-hydrogen) atoms. The quantitative estimate of drug-likeness (QED) is 0.894. The minimum absolute atomic E-state index is 0.137. The van der Waals surface area contributed by atoms with Crippen LogP contribution in [0.4, 0.5) is 10.5 Å². The molecule has 0 aliphatic heterocycles. The van der Waals surface area contributed by atoms with Crippen molar-refractivity contribution in [2.45, 2.75) is 26.8 Å². The number of urea groups is 1. The van der Waals surface area contributed by atoms with Crippen molar-refractivity contribution in [3.05, 3.63) is 59.4 Å². The normalized spacial score (nSPS) is 11.8. The zero-order valence-electron chi connectivity index (χ0n) is 12.0. The molecular weight excluding hydrogens is 250 g/mol. The number of pyridine rings is 1. The molecule has 1 aromatic carbocycles. The Labute approximate surface area is 119 Å². The number of aromatic nitrogens is 1. The van der Waals surface area contributed by atoms with Gasteiger partial charge in [-0.3, -0.25) is 4.98 Å². The van der Waals surface area contributed by atoms with Crippen LogP contribution < -0.4 is 10.6 Å². The Kier molecular flexibility index (Phi) is 4.35. The first kappa shape index (κ1) is 14.1. The Morgan fingerprint density at radius 2 is 1.85 bits per heavy atom. The van der Waals surface area contributed by atoms with Gasteiger partial charge in [0, 0.05) is 11.9 Å². The van der Waals surface area contributed by atoms with E-state index in [0.717, 1.165) is 22.5 Å². The lowest BCUT2D eigenvalue weighted by Crippen LogP contribution is -2.31. The molecular formula is C16H19N3O. The fraction of sp³-hybridized carbons (Fsp3) is 0.250. The number of anilines is 1. The molecule has 1 unspecified atom stereocenters. The molecule has 4 nitrogen and oxygen atoms in total. The fourth-order valence-electron chi connectivity index (χ4n) is 2.12. The van der Waals surface area contributed by atoms with Crippen LogP contribution in [0.1, 0.15) is 29.8 Å². The molecule has 0 aliphatic carbocycles. The van der Waals surface area contributed by atoms with Gasteiger partial charge in [-0.2, -0.15) is 0 Å². The third-order valence-electron chi connectivity index (χ3n) is 2.96. The lowest BCUT2D eigenvalue weighted by atomic mass is 10.1. The summed E-state index contributed by atoms with van der Waals surface area (Å²) in [5.74, 6) is 0. The van der Waals surface area contributed by atoms with E-state index in [1.54, 1.807) is 6.20 Å². The second kappa shape index (κ2) is 6.19. The van der Waals surface area contributed by atoms with Crippen LogP contribution in [0.15, 0.2) is 42.6 Å². The summed E-state index contributed by atoms with van der Waals surface area (Å²) in [4.78, 5) is 16.2. The molecule has 0 saturated carbocycles. The summed E-state index contributed by atoms with van der Waals surface area (Å²) in [6.45, 7) is 5.92. The highest BCUT2D eigenvalue weighted by Crippen LogP contribution is 2.14. The van der Waals surface area contributed by atoms with Crippen LogP contribution >= 0.6 is 0 Å². The number of carbonyl (C=O) groups is 1. The molecule has 1 aromatic heterocycles. The number of nitrogens with zero attached hydrogens (tertiary/aromatic N) is 1. The Hall–Kier alpha value is -2.36. The Balaban J connectivity index is 1.99. The molecule has 0 fully saturated rings. The molecule has 0 radical (unpaired) electrons. The summed E-state index contributed by atoms with van der Waals surface area (Å²) >= 11 is 0. The lowest BCUT2D eigenvalue weighted by Gasteiger charge is -2.14. The van der Waals surface area contributed by atoms with Crippen molar-refractivity contribution in [3.8, 4) is 0 Å². The van der Waals surface area contributed by atoms with Crippen molar-refractivity contribution in [1.29, 1.82) is 0 Å². The van der Waals surface area contributed by atoms with Gasteiger partial charge in [-0.15, -0.1) is 0 Å². The fourth-order valence-corrected chi connectivity index (χ4v) is 2.12. The summed E-state index contributed by atoms with van der Waals surface area (Å²) in [5.41, 5.74) is 3.88. The van der Waals surface area contributed by atoms with Crippen molar-refractivity contribution in [2.24, 2.45) is 0 Å². The highest BCUT2D eigenvalue weighted by molar-refractivity contribution is 5.89. The Morgan fingerprint density at radius 3 is 2.45 bits per heavy atom. The predicted molar refractivity (Wildman–Crippen MR) is 80.7 cm³/mol. The van der Waals surface area contributed by atoms with Gasteiger partial charge in [-0.1, -0.05) is 12.1 Å². The minimum Gasteiger partial charge on any atom is -0.330 e. The van der Waals surface area contributed by atoms with Crippen LogP contribution in [0.5, 0.6) is 0 Å². The molecule has 1 heterocycles. The molecule has 2 rings (SSSR count). The third kappa shape index (κ3) is 3.82. The van der Waals surface area contributed by atoms with E-state index < -0.39 is 0 Å². The highest BCUT2D eigenvalue weighted by Gasteiger charge is 2.10. The Bertz CT molecular complexity index is 576. The molecule has 0 saturated heterocycles. The number of hydrogen-bond donors (Lipinski definition) is 2. The molecule has 0 spiro atoms. The first-order chi connectivity index (χ1) is 9.54. The third-order valence-corrected chi connectivity index (χ3v) is 2.96. The van der Waals surface area contributed by atoms with Crippen LogP contribution in [0.25, 0.3) is 0 Å². The van der Waals surface area contributed by atoms with Crippen LogP contribution in [0, 0.1) is 13.8 Å². The largest absolute Gasteiger partial charge is 0.330 e. The second-order valence-corrected chi connectivity index (χ2v) is 4.95. The van der Waals surface area contributed by atoms with E-state index in [9.17, 15) is 4.79 Å². The van der Waals surface area contributed by atoms with Gasteiger partial charge < -0.3 is 10.6 Å². The molecule has 2 N–H and O–H groups in total. The van der Waals surface area contributed by atoms with Crippen molar-refractivity contribution >= 4 is 11.7 Å². The first-order valence-corrected chi connectivity index (χ1v) is 6.61. The molecule has 4 heteroatoms. The molecule has 0 aliphatic rings.